The van der Waals surface area contributed by atoms with Crippen LogP contribution in [0.25, 0.3) is 0 Å². The quantitative estimate of drug-likeness (QED) is 0.507. The summed E-state index contributed by atoms with van der Waals surface area (Å²) in [6.45, 7) is 0. The highest BCUT2D eigenvalue weighted by molar-refractivity contribution is 8.03. The Labute approximate surface area is 125 Å². The minimum atomic E-state index is -1.33. The van der Waals surface area contributed by atoms with E-state index in [4.69, 9.17) is 5.11 Å². The van der Waals surface area contributed by atoms with Gasteiger partial charge in [0.05, 0.1) is 4.92 Å². The Morgan fingerprint density at radius 3 is 2.65 bits per heavy atom. The monoisotopic (exact) mass is 329 g/mol. The van der Waals surface area contributed by atoms with Crippen molar-refractivity contribution in [3.8, 4) is 0 Å². The lowest BCUT2D eigenvalue weighted by Gasteiger charge is -2.01. The first-order valence-electron chi connectivity index (χ1n) is 5.08. The highest BCUT2D eigenvalue weighted by Gasteiger charge is 2.20. The maximum atomic E-state index is 10.9. The van der Waals surface area contributed by atoms with Gasteiger partial charge in [0.1, 0.15) is 5.56 Å². The molecular formula is C10H7N3O4S3. The highest BCUT2D eigenvalue weighted by atomic mass is 32.2. The van der Waals surface area contributed by atoms with Crippen LogP contribution in [0.3, 0.4) is 0 Å². The minimum absolute atomic E-state index is 0.332. The molecule has 0 aliphatic rings. The molecule has 0 fully saturated rings. The van der Waals surface area contributed by atoms with Crippen LogP contribution in [-0.4, -0.2) is 32.5 Å². The van der Waals surface area contributed by atoms with Gasteiger partial charge in [-0.2, -0.15) is 0 Å². The Morgan fingerprint density at radius 2 is 2.10 bits per heavy atom. The Bertz CT molecular complexity index is 674. The first-order valence-corrected chi connectivity index (χ1v) is 7.94. The van der Waals surface area contributed by atoms with Crippen LogP contribution in [0.15, 0.2) is 31.8 Å². The summed E-state index contributed by atoms with van der Waals surface area (Å²) in [4.78, 5) is 21.6. The van der Waals surface area contributed by atoms with E-state index in [1.807, 2.05) is 6.26 Å². The van der Waals surface area contributed by atoms with Crippen molar-refractivity contribution in [2.75, 3.05) is 6.26 Å². The van der Waals surface area contributed by atoms with Crippen molar-refractivity contribution < 1.29 is 14.8 Å². The van der Waals surface area contributed by atoms with E-state index in [9.17, 15) is 14.9 Å². The van der Waals surface area contributed by atoms with Crippen LogP contribution in [0.1, 0.15) is 10.4 Å². The Balaban J connectivity index is 2.31. The van der Waals surface area contributed by atoms with Gasteiger partial charge in [-0.05, 0) is 18.4 Å². The number of benzene rings is 1. The second-order valence-corrected chi connectivity index (χ2v) is 6.73. The fraction of sp³-hybridized carbons (Fsp3) is 0.100. The van der Waals surface area contributed by atoms with E-state index in [2.05, 4.69) is 10.2 Å². The van der Waals surface area contributed by atoms with E-state index in [0.29, 0.717) is 9.24 Å². The van der Waals surface area contributed by atoms with Gasteiger partial charge >= 0.3 is 5.97 Å². The molecule has 10 heteroatoms. The standard InChI is InChI=1S/C10H7N3O4S3/c1-18-9-11-12-10(20-9)19-5-2-3-6(8(14)15)7(4-5)13(16)17/h2-4H,1H3,(H,14,15). The van der Waals surface area contributed by atoms with Gasteiger partial charge in [0, 0.05) is 11.0 Å². The molecule has 2 rings (SSSR count). The van der Waals surface area contributed by atoms with Gasteiger partial charge < -0.3 is 5.11 Å². The van der Waals surface area contributed by atoms with Gasteiger partial charge in [0.2, 0.25) is 0 Å². The predicted octanol–water partition coefficient (Wildman–Crippen LogP) is 3.02. The van der Waals surface area contributed by atoms with Gasteiger partial charge in [0.25, 0.3) is 5.69 Å². The molecule has 0 spiro atoms. The van der Waals surface area contributed by atoms with Crippen LogP contribution < -0.4 is 0 Å². The number of thioether (sulfide) groups is 1. The molecule has 0 saturated carbocycles. The lowest BCUT2D eigenvalue weighted by Crippen LogP contribution is -2.02. The van der Waals surface area contributed by atoms with Crippen LogP contribution in [0.5, 0.6) is 0 Å². The third-order valence-corrected chi connectivity index (χ3v) is 5.10. The molecule has 2 aromatic rings. The van der Waals surface area contributed by atoms with E-state index >= 15 is 0 Å². The zero-order valence-electron chi connectivity index (χ0n) is 9.97. The number of carbonyl (C=O) groups is 1. The molecule has 1 aromatic heterocycles. The molecule has 1 N–H and O–H groups in total. The highest BCUT2D eigenvalue weighted by Crippen LogP contribution is 2.35. The van der Waals surface area contributed by atoms with Crippen molar-refractivity contribution in [1.29, 1.82) is 0 Å². The van der Waals surface area contributed by atoms with Gasteiger partial charge in [-0.25, -0.2) is 4.79 Å². The van der Waals surface area contributed by atoms with E-state index in [0.717, 1.165) is 4.34 Å². The van der Waals surface area contributed by atoms with Crippen LogP contribution in [0, 0.1) is 10.1 Å². The summed E-state index contributed by atoms with van der Waals surface area (Å²) in [6, 6.07) is 3.97. The van der Waals surface area contributed by atoms with Crippen molar-refractivity contribution >= 4 is 46.5 Å². The van der Waals surface area contributed by atoms with E-state index in [1.54, 1.807) is 0 Å². The Hall–Kier alpha value is -1.65. The van der Waals surface area contributed by atoms with Crippen molar-refractivity contribution in [3.05, 3.63) is 33.9 Å². The van der Waals surface area contributed by atoms with Crippen LogP contribution in [0.2, 0.25) is 0 Å². The second kappa shape index (κ2) is 6.20. The number of rotatable bonds is 5. The molecule has 7 nitrogen and oxygen atoms in total. The fourth-order valence-electron chi connectivity index (χ4n) is 1.33. The first-order chi connectivity index (χ1) is 9.51. The lowest BCUT2D eigenvalue weighted by atomic mass is 10.2. The molecule has 1 heterocycles. The molecule has 0 saturated heterocycles. The molecular weight excluding hydrogens is 322 g/mol. The van der Waals surface area contributed by atoms with E-state index in [-0.39, 0.29) is 5.56 Å². The number of nitro groups is 1. The first kappa shape index (κ1) is 14.8. The molecule has 0 amide bonds. The van der Waals surface area contributed by atoms with Crippen LogP contribution >= 0.6 is 34.9 Å². The lowest BCUT2D eigenvalue weighted by molar-refractivity contribution is -0.385. The molecule has 1 aromatic carbocycles. The molecule has 104 valence electrons. The fourth-order valence-corrected chi connectivity index (χ4v) is 3.77. The molecule has 0 bridgehead atoms. The smallest absolute Gasteiger partial charge is 0.342 e. The zero-order chi connectivity index (χ0) is 14.7. The van der Waals surface area contributed by atoms with Crippen molar-refractivity contribution in [2.24, 2.45) is 0 Å². The minimum Gasteiger partial charge on any atom is -0.477 e. The molecule has 0 unspecified atom stereocenters. The molecule has 0 aliphatic carbocycles. The summed E-state index contributed by atoms with van der Waals surface area (Å²) in [6.07, 6.45) is 1.88. The summed E-state index contributed by atoms with van der Waals surface area (Å²) < 4.78 is 1.44. The van der Waals surface area contributed by atoms with Crippen molar-refractivity contribution in [1.82, 2.24) is 10.2 Å². The number of carboxylic acid groups (broad SMARTS) is 1. The number of aromatic nitrogens is 2. The van der Waals surface area contributed by atoms with Crippen molar-refractivity contribution in [3.63, 3.8) is 0 Å². The largest absolute Gasteiger partial charge is 0.477 e. The maximum absolute atomic E-state index is 10.9. The summed E-state index contributed by atoms with van der Waals surface area (Å²) in [5.74, 6) is -1.33. The van der Waals surface area contributed by atoms with Crippen LogP contribution in [-0.2, 0) is 0 Å². The molecule has 20 heavy (non-hydrogen) atoms. The van der Waals surface area contributed by atoms with E-state index in [1.165, 1.54) is 53.1 Å². The van der Waals surface area contributed by atoms with Gasteiger partial charge in [-0.15, -0.1) is 10.2 Å². The maximum Gasteiger partial charge on any atom is 0.342 e. The number of aromatic carboxylic acids is 1. The number of nitrogens with zero attached hydrogens (tertiary/aromatic N) is 3. The number of hydrogen-bond acceptors (Lipinski definition) is 8. The summed E-state index contributed by atoms with van der Waals surface area (Å²) in [5, 5.41) is 27.6. The molecule has 0 atom stereocenters. The van der Waals surface area contributed by atoms with Gasteiger partial charge in [-0.1, -0.05) is 34.9 Å². The molecule has 0 aliphatic heterocycles. The Kier molecular flexibility index (Phi) is 4.57. The molecule has 0 radical (unpaired) electrons. The number of nitro benzene ring substituents is 1. The van der Waals surface area contributed by atoms with Gasteiger partial charge in [-0.3, -0.25) is 10.1 Å². The zero-order valence-corrected chi connectivity index (χ0v) is 12.4. The normalized spacial score (nSPS) is 10.4. The van der Waals surface area contributed by atoms with E-state index < -0.39 is 16.6 Å². The average molecular weight is 329 g/mol. The summed E-state index contributed by atoms with van der Waals surface area (Å²) in [7, 11) is 0. The third kappa shape index (κ3) is 3.26. The SMILES string of the molecule is CSc1nnc(Sc2ccc(C(=O)O)c([N+](=O)[O-])c2)s1. The third-order valence-electron chi connectivity index (χ3n) is 2.16. The summed E-state index contributed by atoms with van der Waals surface area (Å²) in [5.41, 5.74) is -0.765. The predicted molar refractivity (Wildman–Crippen MR) is 75.9 cm³/mol. The number of hydrogen-bond donors (Lipinski definition) is 1. The average Bonchev–Trinajstić information content (AvgIpc) is 2.86. The van der Waals surface area contributed by atoms with Crippen molar-refractivity contribution in [2.45, 2.75) is 13.6 Å². The van der Waals surface area contributed by atoms with Crippen LogP contribution in [0.4, 0.5) is 5.69 Å². The Morgan fingerprint density at radius 1 is 1.40 bits per heavy atom. The second-order valence-electron chi connectivity index (χ2n) is 3.38. The summed E-state index contributed by atoms with van der Waals surface area (Å²) >= 11 is 4.04. The van der Waals surface area contributed by atoms with Gasteiger partial charge in [0.15, 0.2) is 8.68 Å². The number of carboxylic acids is 1. The topological polar surface area (TPSA) is 106 Å².